The van der Waals surface area contributed by atoms with Crippen LogP contribution in [-0.4, -0.2) is 34.8 Å². The molecule has 4 aromatic rings. The number of carbonyl (C=O) groups excluding carboxylic acids is 2. The lowest BCUT2D eigenvalue weighted by Crippen LogP contribution is -2.46. The minimum Gasteiger partial charge on any atom is -0.494 e. The van der Waals surface area contributed by atoms with Crippen LogP contribution < -0.4 is 20.7 Å². The van der Waals surface area contributed by atoms with Crippen molar-refractivity contribution in [2.24, 2.45) is 0 Å². The smallest absolute Gasteiger partial charge is 0.319 e. The van der Waals surface area contributed by atoms with Crippen molar-refractivity contribution in [2.45, 2.75) is 19.4 Å². The lowest BCUT2D eigenvalue weighted by atomic mass is 10.1. The molecule has 0 radical (unpaired) electrons. The van der Waals surface area contributed by atoms with Gasteiger partial charge in [-0.25, -0.2) is 4.79 Å². The summed E-state index contributed by atoms with van der Waals surface area (Å²) in [6.07, 6.45) is 0.298. The summed E-state index contributed by atoms with van der Waals surface area (Å²) in [6, 6.07) is 22.3. The monoisotopic (exact) mass is 521 g/mol. The van der Waals surface area contributed by atoms with Crippen LogP contribution in [0.25, 0.3) is 10.6 Å². The van der Waals surface area contributed by atoms with E-state index in [1.807, 2.05) is 49.4 Å². The van der Waals surface area contributed by atoms with Crippen molar-refractivity contribution in [1.82, 2.24) is 15.5 Å². The van der Waals surface area contributed by atoms with Crippen molar-refractivity contribution in [2.75, 3.05) is 17.2 Å². The molecule has 0 fully saturated rings. The van der Waals surface area contributed by atoms with Gasteiger partial charge in [0.15, 0.2) is 0 Å². The number of amides is 3. The van der Waals surface area contributed by atoms with Crippen LogP contribution in [-0.2, 0) is 11.2 Å². The second-order valence-corrected chi connectivity index (χ2v) is 9.12. The van der Waals surface area contributed by atoms with E-state index in [9.17, 15) is 9.59 Å². The van der Waals surface area contributed by atoms with Gasteiger partial charge in [0, 0.05) is 22.7 Å². The van der Waals surface area contributed by atoms with Gasteiger partial charge in [0.05, 0.1) is 6.61 Å². The van der Waals surface area contributed by atoms with E-state index in [-0.39, 0.29) is 0 Å². The maximum Gasteiger partial charge on any atom is 0.319 e. The average Bonchev–Trinajstić information content (AvgIpc) is 3.34. The maximum atomic E-state index is 13.2. The zero-order valence-electron chi connectivity index (χ0n) is 19.4. The first-order valence-electron chi connectivity index (χ1n) is 11.2. The van der Waals surface area contributed by atoms with Gasteiger partial charge in [-0.1, -0.05) is 65.4 Å². The summed E-state index contributed by atoms with van der Waals surface area (Å²) < 4.78 is 5.42. The van der Waals surface area contributed by atoms with Gasteiger partial charge in [-0.05, 0) is 48.9 Å². The first-order valence-corrected chi connectivity index (χ1v) is 12.4. The van der Waals surface area contributed by atoms with Crippen molar-refractivity contribution < 1.29 is 14.3 Å². The van der Waals surface area contributed by atoms with Gasteiger partial charge in [0.2, 0.25) is 11.0 Å². The van der Waals surface area contributed by atoms with Crippen LogP contribution in [0, 0.1) is 0 Å². The second-order valence-electron chi connectivity index (χ2n) is 7.71. The standard InChI is InChI=1S/C26H24ClN5O3S/c1-2-35-21-14-12-20(13-15-21)28-25(34)29-22(16-17-6-4-3-5-7-17)23(33)30-26-32-31-24(36-26)18-8-10-19(27)11-9-18/h3-15,22H,2,16H2,1H3,(H2,28,29,34)(H,30,32,33). The molecule has 0 bridgehead atoms. The number of urea groups is 1. The number of aromatic nitrogens is 2. The molecular weight excluding hydrogens is 498 g/mol. The highest BCUT2D eigenvalue weighted by Gasteiger charge is 2.23. The summed E-state index contributed by atoms with van der Waals surface area (Å²) in [4.78, 5) is 25.9. The van der Waals surface area contributed by atoms with Crippen molar-refractivity contribution in [3.8, 4) is 16.3 Å². The number of benzene rings is 3. The number of nitrogens with zero attached hydrogens (tertiary/aromatic N) is 2. The Kier molecular flexibility index (Phi) is 8.48. The van der Waals surface area contributed by atoms with E-state index >= 15 is 0 Å². The van der Waals surface area contributed by atoms with Gasteiger partial charge in [0.1, 0.15) is 16.8 Å². The lowest BCUT2D eigenvalue weighted by molar-refractivity contribution is -0.117. The van der Waals surface area contributed by atoms with Crippen LogP contribution in [0.1, 0.15) is 12.5 Å². The molecule has 1 aromatic heterocycles. The predicted molar refractivity (Wildman–Crippen MR) is 143 cm³/mol. The van der Waals surface area contributed by atoms with Crippen LogP contribution >= 0.6 is 22.9 Å². The van der Waals surface area contributed by atoms with Crippen LogP contribution in [0.4, 0.5) is 15.6 Å². The Bertz CT molecular complexity index is 1300. The largest absolute Gasteiger partial charge is 0.494 e. The number of nitrogens with one attached hydrogen (secondary N) is 3. The van der Waals surface area contributed by atoms with Crippen LogP contribution in [0.5, 0.6) is 5.75 Å². The Morgan fingerprint density at radius 3 is 2.36 bits per heavy atom. The number of anilines is 2. The molecule has 10 heteroatoms. The third kappa shape index (κ3) is 7.03. The van der Waals surface area contributed by atoms with Crippen molar-refractivity contribution in [3.05, 3.63) is 89.4 Å². The molecule has 0 saturated carbocycles. The van der Waals surface area contributed by atoms with Crippen molar-refractivity contribution in [1.29, 1.82) is 0 Å². The molecule has 0 spiro atoms. The first-order chi connectivity index (χ1) is 17.5. The topological polar surface area (TPSA) is 105 Å². The highest BCUT2D eigenvalue weighted by molar-refractivity contribution is 7.18. The van der Waals surface area contributed by atoms with Crippen LogP contribution in [0.3, 0.4) is 0 Å². The van der Waals surface area contributed by atoms with E-state index in [0.717, 1.165) is 11.1 Å². The van der Waals surface area contributed by atoms with E-state index in [0.29, 0.717) is 39.6 Å². The highest BCUT2D eigenvalue weighted by atomic mass is 35.5. The summed E-state index contributed by atoms with van der Waals surface area (Å²) in [5, 5.41) is 18.1. The van der Waals surface area contributed by atoms with Gasteiger partial charge >= 0.3 is 6.03 Å². The van der Waals surface area contributed by atoms with Gasteiger partial charge < -0.3 is 15.4 Å². The number of halogens is 1. The molecule has 1 unspecified atom stereocenters. The minimum absolute atomic E-state index is 0.298. The molecule has 3 N–H and O–H groups in total. The van der Waals surface area contributed by atoms with E-state index in [1.165, 1.54) is 11.3 Å². The number of hydrogen-bond acceptors (Lipinski definition) is 6. The Balaban J connectivity index is 1.44. The SMILES string of the molecule is CCOc1ccc(NC(=O)NC(Cc2ccccc2)C(=O)Nc2nnc(-c3ccc(Cl)cc3)s2)cc1. The summed E-state index contributed by atoms with van der Waals surface area (Å²) >= 11 is 7.19. The van der Waals surface area contributed by atoms with Crippen molar-refractivity contribution in [3.63, 3.8) is 0 Å². The summed E-state index contributed by atoms with van der Waals surface area (Å²) in [7, 11) is 0. The van der Waals surface area contributed by atoms with Crippen LogP contribution in [0.15, 0.2) is 78.9 Å². The van der Waals surface area contributed by atoms with E-state index in [4.69, 9.17) is 16.3 Å². The summed E-state index contributed by atoms with van der Waals surface area (Å²) in [6.45, 7) is 2.46. The van der Waals surface area contributed by atoms with Gasteiger partial charge in [-0.15, -0.1) is 10.2 Å². The van der Waals surface area contributed by atoms with Gasteiger partial charge in [-0.2, -0.15) is 0 Å². The molecule has 4 rings (SSSR count). The zero-order valence-corrected chi connectivity index (χ0v) is 21.0. The van der Waals surface area contributed by atoms with E-state index in [1.54, 1.807) is 36.4 Å². The Morgan fingerprint density at radius 1 is 0.944 bits per heavy atom. The molecule has 3 amide bonds. The number of carbonyl (C=O) groups is 2. The Morgan fingerprint density at radius 2 is 1.67 bits per heavy atom. The molecule has 3 aromatic carbocycles. The molecule has 1 atom stereocenters. The molecule has 0 aliphatic heterocycles. The third-order valence-electron chi connectivity index (χ3n) is 5.07. The van der Waals surface area contributed by atoms with Gasteiger partial charge in [-0.3, -0.25) is 10.1 Å². The van der Waals surface area contributed by atoms with Crippen LogP contribution in [0.2, 0.25) is 5.02 Å². The zero-order chi connectivity index (χ0) is 25.3. The molecule has 184 valence electrons. The first kappa shape index (κ1) is 25.2. The average molecular weight is 522 g/mol. The number of rotatable bonds is 9. The summed E-state index contributed by atoms with van der Waals surface area (Å²) in [5.41, 5.74) is 2.32. The lowest BCUT2D eigenvalue weighted by Gasteiger charge is -2.18. The predicted octanol–water partition coefficient (Wildman–Crippen LogP) is 5.63. The fraction of sp³-hybridized carbons (Fsp3) is 0.154. The van der Waals surface area contributed by atoms with E-state index < -0.39 is 18.0 Å². The van der Waals surface area contributed by atoms with Gasteiger partial charge in [0.25, 0.3) is 0 Å². The molecule has 1 heterocycles. The fourth-order valence-corrected chi connectivity index (χ4v) is 4.24. The summed E-state index contributed by atoms with van der Waals surface area (Å²) in [5.74, 6) is 0.305. The Labute approximate surface area is 217 Å². The minimum atomic E-state index is -0.849. The molecule has 0 aliphatic rings. The fourth-order valence-electron chi connectivity index (χ4n) is 3.36. The molecule has 0 aliphatic carbocycles. The quantitative estimate of drug-likeness (QED) is 0.265. The second kappa shape index (κ2) is 12.1. The molecule has 8 nitrogen and oxygen atoms in total. The Hall–Kier alpha value is -3.95. The maximum absolute atomic E-state index is 13.2. The number of hydrogen-bond donors (Lipinski definition) is 3. The van der Waals surface area contributed by atoms with Crippen molar-refractivity contribution >= 4 is 45.7 Å². The highest BCUT2D eigenvalue weighted by Crippen LogP contribution is 2.27. The third-order valence-corrected chi connectivity index (χ3v) is 6.21. The molecule has 0 saturated heterocycles. The van der Waals surface area contributed by atoms with E-state index in [2.05, 4.69) is 26.1 Å². The number of ether oxygens (including phenoxy) is 1. The molecular formula is C26H24ClN5O3S. The normalized spacial score (nSPS) is 11.4. The molecule has 36 heavy (non-hydrogen) atoms.